The van der Waals surface area contributed by atoms with Crippen molar-refractivity contribution in [1.29, 1.82) is 5.26 Å². The van der Waals surface area contributed by atoms with E-state index in [1.807, 2.05) is 19.9 Å². The normalized spacial score (nSPS) is 23.0. The third kappa shape index (κ3) is 2.06. The Bertz CT molecular complexity index is 276. The molecule has 1 unspecified atom stereocenters. The van der Waals surface area contributed by atoms with Crippen LogP contribution in [0.5, 0.6) is 0 Å². The van der Waals surface area contributed by atoms with Gasteiger partial charge in [-0.3, -0.25) is 4.79 Å². The van der Waals surface area contributed by atoms with Crippen molar-refractivity contribution in [3.05, 3.63) is 0 Å². The lowest BCUT2D eigenvalue weighted by Crippen LogP contribution is -2.39. The predicted molar refractivity (Wildman–Crippen MR) is 54.4 cm³/mol. The van der Waals surface area contributed by atoms with Gasteiger partial charge in [-0.1, -0.05) is 13.8 Å². The van der Waals surface area contributed by atoms with Crippen LogP contribution in [0.25, 0.3) is 0 Å². The Morgan fingerprint density at radius 3 is 2.43 bits per heavy atom. The number of hydrogen-bond acceptors (Lipinski definition) is 2. The summed E-state index contributed by atoms with van der Waals surface area (Å²) in [6.07, 6.45) is 0.959. The van der Waals surface area contributed by atoms with Gasteiger partial charge in [-0.15, -0.1) is 0 Å². The second-order valence-corrected chi connectivity index (χ2v) is 4.96. The van der Waals surface area contributed by atoms with Crippen LogP contribution in [0.2, 0.25) is 0 Å². The average molecular weight is 194 g/mol. The van der Waals surface area contributed by atoms with Crippen molar-refractivity contribution in [2.75, 3.05) is 6.54 Å². The van der Waals surface area contributed by atoms with Gasteiger partial charge < -0.3 is 4.90 Å². The van der Waals surface area contributed by atoms with Crippen LogP contribution < -0.4 is 0 Å². The van der Waals surface area contributed by atoms with Gasteiger partial charge in [0.15, 0.2) is 0 Å². The first-order valence-corrected chi connectivity index (χ1v) is 5.07. The Balaban J connectivity index is 2.62. The maximum absolute atomic E-state index is 11.9. The average Bonchev–Trinajstić information content (AvgIpc) is 2.69. The van der Waals surface area contributed by atoms with E-state index in [1.54, 1.807) is 4.90 Å². The highest BCUT2D eigenvalue weighted by Gasteiger charge is 2.52. The van der Waals surface area contributed by atoms with Crippen molar-refractivity contribution in [3.63, 3.8) is 0 Å². The monoisotopic (exact) mass is 194 g/mol. The zero-order valence-electron chi connectivity index (χ0n) is 9.37. The quantitative estimate of drug-likeness (QED) is 0.643. The fourth-order valence-electron chi connectivity index (χ4n) is 1.68. The Morgan fingerprint density at radius 1 is 1.64 bits per heavy atom. The summed E-state index contributed by atoms with van der Waals surface area (Å²) >= 11 is 0. The molecule has 0 bridgehead atoms. The van der Waals surface area contributed by atoms with Crippen LogP contribution in [0.3, 0.4) is 0 Å². The number of carbonyl (C=O) groups excluding carboxylic acids is 1. The second kappa shape index (κ2) is 3.61. The van der Waals surface area contributed by atoms with Crippen molar-refractivity contribution in [2.24, 2.45) is 11.3 Å². The van der Waals surface area contributed by atoms with Crippen molar-refractivity contribution in [3.8, 4) is 6.07 Å². The molecule has 0 N–H and O–H groups in total. The Kier molecular flexibility index (Phi) is 2.84. The fourth-order valence-corrected chi connectivity index (χ4v) is 1.68. The molecular weight excluding hydrogens is 176 g/mol. The van der Waals surface area contributed by atoms with E-state index in [4.69, 9.17) is 5.26 Å². The van der Waals surface area contributed by atoms with Crippen LogP contribution in [0.1, 0.15) is 34.1 Å². The molecule has 0 aromatic rings. The predicted octanol–water partition coefficient (Wildman–Crippen LogP) is 1.79. The molecule has 1 aliphatic carbocycles. The van der Waals surface area contributed by atoms with Crippen LogP contribution in [-0.4, -0.2) is 23.4 Å². The molecule has 1 aliphatic rings. The summed E-state index contributed by atoms with van der Waals surface area (Å²) in [4.78, 5) is 13.6. The molecule has 14 heavy (non-hydrogen) atoms. The third-order valence-corrected chi connectivity index (χ3v) is 2.96. The highest BCUT2D eigenvalue weighted by atomic mass is 16.2. The minimum atomic E-state index is 0.124. The van der Waals surface area contributed by atoms with Crippen LogP contribution >= 0.6 is 0 Å². The van der Waals surface area contributed by atoms with Gasteiger partial charge in [0.2, 0.25) is 5.91 Å². The Hall–Kier alpha value is -1.04. The van der Waals surface area contributed by atoms with Crippen LogP contribution in [0.4, 0.5) is 0 Å². The highest BCUT2D eigenvalue weighted by molar-refractivity contribution is 5.83. The molecule has 0 aromatic heterocycles. The maximum Gasteiger partial charge on any atom is 0.227 e. The molecule has 0 aromatic carbocycles. The molecule has 0 spiro atoms. The number of nitrogens with zero attached hydrogens (tertiary/aromatic N) is 2. The van der Waals surface area contributed by atoms with Crippen LogP contribution in [0.15, 0.2) is 0 Å². The lowest BCUT2D eigenvalue weighted by Gasteiger charge is -2.24. The topological polar surface area (TPSA) is 44.1 Å². The summed E-state index contributed by atoms with van der Waals surface area (Å²) in [6, 6.07) is 2.17. The van der Waals surface area contributed by atoms with Crippen LogP contribution in [0, 0.1) is 22.7 Å². The molecule has 3 heteroatoms. The summed E-state index contributed by atoms with van der Waals surface area (Å²) < 4.78 is 0. The number of nitriles is 1. The van der Waals surface area contributed by atoms with E-state index in [9.17, 15) is 4.79 Å². The lowest BCUT2D eigenvalue weighted by atomic mass is 10.1. The first-order valence-electron chi connectivity index (χ1n) is 5.07. The minimum Gasteiger partial charge on any atom is -0.327 e. The summed E-state index contributed by atoms with van der Waals surface area (Å²) in [6.45, 7) is 8.30. The molecule has 3 nitrogen and oxygen atoms in total. The zero-order chi connectivity index (χ0) is 10.9. The van der Waals surface area contributed by atoms with Crippen molar-refractivity contribution in [1.82, 2.24) is 4.90 Å². The van der Waals surface area contributed by atoms with E-state index in [-0.39, 0.29) is 29.8 Å². The van der Waals surface area contributed by atoms with Crippen molar-refractivity contribution in [2.45, 2.75) is 40.2 Å². The van der Waals surface area contributed by atoms with Gasteiger partial charge in [0.25, 0.3) is 0 Å². The number of carbonyl (C=O) groups is 1. The van der Waals surface area contributed by atoms with Gasteiger partial charge >= 0.3 is 0 Å². The van der Waals surface area contributed by atoms with Gasteiger partial charge in [0.05, 0.1) is 6.07 Å². The molecule has 1 saturated carbocycles. The van der Waals surface area contributed by atoms with E-state index < -0.39 is 0 Å². The molecule has 0 radical (unpaired) electrons. The lowest BCUT2D eigenvalue weighted by molar-refractivity contribution is -0.134. The first kappa shape index (κ1) is 11.0. The van der Waals surface area contributed by atoms with Gasteiger partial charge in [-0.05, 0) is 25.7 Å². The van der Waals surface area contributed by atoms with Gasteiger partial charge in [0, 0.05) is 12.0 Å². The largest absolute Gasteiger partial charge is 0.327 e. The van der Waals surface area contributed by atoms with Gasteiger partial charge in [-0.2, -0.15) is 5.26 Å². The number of rotatable bonds is 3. The molecule has 1 amide bonds. The van der Waals surface area contributed by atoms with E-state index in [0.29, 0.717) is 0 Å². The Labute approximate surface area is 85.7 Å². The first-order chi connectivity index (χ1) is 6.40. The van der Waals surface area contributed by atoms with Gasteiger partial charge in [0.1, 0.15) is 6.54 Å². The molecule has 0 heterocycles. The highest BCUT2D eigenvalue weighted by Crippen LogP contribution is 2.52. The molecular formula is C11H18N2O. The molecule has 78 valence electrons. The van der Waals surface area contributed by atoms with E-state index in [2.05, 4.69) is 13.8 Å². The molecule has 0 saturated heterocycles. The zero-order valence-corrected chi connectivity index (χ0v) is 9.37. The van der Waals surface area contributed by atoms with Crippen molar-refractivity contribution >= 4 is 5.91 Å². The molecule has 0 aliphatic heterocycles. The number of hydrogen-bond donors (Lipinski definition) is 0. The maximum atomic E-state index is 11.9. The van der Waals surface area contributed by atoms with Crippen LogP contribution in [-0.2, 0) is 4.79 Å². The fraction of sp³-hybridized carbons (Fsp3) is 0.818. The summed E-state index contributed by atoms with van der Waals surface area (Å²) in [7, 11) is 0. The smallest absolute Gasteiger partial charge is 0.227 e. The molecule has 1 rings (SSSR count). The Morgan fingerprint density at radius 2 is 2.14 bits per heavy atom. The minimum absolute atomic E-state index is 0.124. The summed E-state index contributed by atoms with van der Waals surface area (Å²) in [5, 5.41) is 8.62. The third-order valence-electron chi connectivity index (χ3n) is 2.96. The summed E-state index contributed by atoms with van der Waals surface area (Å²) in [5.74, 6) is 0.282. The van der Waals surface area contributed by atoms with E-state index in [0.717, 1.165) is 6.42 Å². The van der Waals surface area contributed by atoms with E-state index >= 15 is 0 Å². The summed E-state index contributed by atoms with van der Waals surface area (Å²) in [5.41, 5.74) is 0.152. The SMILES string of the molecule is CC(C)N(CC#N)C(=O)C1CC1(C)C. The molecule has 1 fully saturated rings. The van der Waals surface area contributed by atoms with E-state index in [1.165, 1.54) is 0 Å². The molecule has 1 atom stereocenters. The standard InChI is InChI=1S/C11H18N2O/c1-8(2)13(6-5-12)10(14)9-7-11(9,3)4/h8-9H,6-7H2,1-4H3. The second-order valence-electron chi connectivity index (χ2n) is 4.96. The van der Waals surface area contributed by atoms with Gasteiger partial charge in [-0.25, -0.2) is 0 Å². The van der Waals surface area contributed by atoms with Crippen molar-refractivity contribution < 1.29 is 4.79 Å². The number of amides is 1.